The number of carbonyl (C=O) groups excluding carboxylic acids is 2. The Kier molecular flexibility index (Phi) is 7.05. The highest BCUT2D eigenvalue weighted by Crippen LogP contribution is 2.32. The maximum atomic E-state index is 14.1. The van der Waals surface area contributed by atoms with Crippen LogP contribution in [0.15, 0.2) is 42.7 Å². The minimum absolute atomic E-state index is 0. The molecule has 2 amide bonds. The quantitative estimate of drug-likeness (QED) is 0.522. The molecule has 0 bridgehead atoms. The van der Waals surface area contributed by atoms with E-state index in [1.807, 2.05) is 0 Å². The maximum absolute atomic E-state index is 14.1. The van der Waals surface area contributed by atoms with Crippen molar-refractivity contribution in [1.82, 2.24) is 20.1 Å². The van der Waals surface area contributed by atoms with Gasteiger partial charge in [0.1, 0.15) is 17.4 Å². The smallest absolute Gasteiger partial charge is 0.412 e. The van der Waals surface area contributed by atoms with E-state index in [1.54, 1.807) is 6.92 Å². The number of ether oxygens (including phenoxy) is 1. The van der Waals surface area contributed by atoms with Crippen LogP contribution >= 0.6 is 0 Å². The molecular weight excluding hydrogens is 481 g/mol. The van der Waals surface area contributed by atoms with E-state index in [2.05, 4.69) is 25.5 Å². The number of hydrogen-bond acceptors (Lipinski definition) is 5. The van der Waals surface area contributed by atoms with E-state index in [-0.39, 0.29) is 40.7 Å². The number of alkyl halides is 3. The molecule has 2 unspecified atom stereocenters. The fourth-order valence-electron chi connectivity index (χ4n) is 3.53. The summed E-state index contributed by atoms with van der Waals surface area (Å²) in [5, 5.41) is 9.28. The van der Waals surface area contributed by atoms with Crippen LogP contribution in [0.4, 0.5) is 27.8 Å². The Labute approximate surface area is 194 Å². The number of hydrogen-bond donors (Lipinski definition) is 2. The topological polar surface area (TPSA) is 130 Å². The standard InChI is InChI=1S/C21H16F5N5O3.H2O/c1-10-16(9-28-19(10)32)20(33)29-18-6-17(31(30-18)14-4-13(23)7-27-8-14)11-2-12(22)5-15(3-11)34-21(24,25)26;/h2-8,10,16H,9H2,1H3,(H,28,32)(H,29,30,33);1H2. The van der Waals surface area contributed by atoms with Gasteiger partial charge in [-0.25, -0.2) is 13.5 Å². The van der Waals surface area contributed by atoms with Crippen molar-refractivity contribution in [2.45, 2.75) is 13.3 Å². The lowest BCUT2D eigenvalue weighted by Gasteiger charge is -2.12. The Balaban J connectivity index is 0.00000342. The van der Waals surface area contributed by atoms with Crippen LogP contribution in [0.1, 0.15) is 6.92 Å². The molecule has 2 aromatic heterocycles. The number of benzene rings is 1. The number of halogens is 5. The Morgan fingerprint density at radius 2 is 1.89 bits per heavy atom. The second-order valence-electron chi connectivity index (χ2n) is 7.54. The van der Waals surface area contributed by atoms with E-state index in [0.29, 0.717) is 6.07 Å². The van der Waals surface area contributed by atoms with Crippen molar-refractivity contribution in [2.75, 3.05) is 11.9 Å². The molecule has 2 atom stereocenters. The zero-order valence-corrected chi connectivity index (χ0v) is 17.9. The van der Waals surface area contributed by atoms with Crippen LogP contribution in [-0.2, 0) is 9.59 Å². The lowest BCUT2D eigenvalue weighted by atomic mass is 9.97. The van der Waals surface area contributed by atoms with Gasteiger partial charge in [0, 0.05) is 36.2 Å². The number of nitrogens with one attached hydrogen (secondary N) is 2. The highest BCUT2D eigenvalue weighted by molar-refractivity contribution is 5.98. The van der Waals surface area contributed by atoms with Gasteiger partial charge in [0.05, 0.1) is 29.7 Å². The monoisotopic (exact) mass is 499 g/mol. The summed E-state index contributed by atoms with van der Waals surface area (Å²) in [6, 6.07) is 4.71. The average Bonchev–Trinajstić information content (AvgIpc) is 3.30. The Hall–Kier alpha value is -4.07. The zero-order chi connectivity index (χ0) is 24.6. The third kappa shape index (κ3) is 5.71. The van der Waals surface area contributed by atoms with Crippen molar-refractivity contribution in [2.24, 2.45) is 11.8 Å². The Morgan fingerprint density at radius 3 is 2.51 bits per heavy atom. The summed E-state index contributed by atoms with van der Waals surface area (Å²) >= 11 is 0. The second-order valence-corrected chi connectivity index (χ2v) is 7.54. The first-order chi connectivity index (χ1) is 16.0. The summed E-state index contributed by atoms with van der Waals surface area (Å²) in [6.07, 6.45) is -2.90. The minimum Gasteiger partial charge on any atom is -0.412 e. The van der Waals surface area contributed by atoms with Crippen LogP contribution in [0.3, 0.4) is 0 Å². The number of pyridine rings is 1. The summed E-state index contributed by atoms with van der Waals surface area (Å²) in [5.74, 6) is -4.71. The minimum atomic E-state index is -5.06. The van der Waals surface area contributed by atoms with E-state index in [4.69, 9.17) is 0 Å². The number of carbonyl (C=O) groups is 2. The third-order valence-electron chi connectivity index (χ3n) is 5.15. The van der Waals surface area contributed by atoms with Crippen molar-refractivity contribution < 1.29 is 41.8 Å². The van der Waals surface area contributed by atoms with Gasteiger partial charge in [-0.15, -0.1) is 18.3 Å². The molecule has 4 rings (SSSR count). The van der Waals surface area contributed by atoms with Gasteiger partial charge < -0.3 is 20.8 Å². The van der Waals surface area contributed by atoms with Crippen LogP contribution in [0, 0.1) is 23.5 Å². The molecular formula is C21H18F5N5O4. The van der Waals surface area contributed by atoms with E-state index < -0.39 is 41.5 Å². The maximum Gasteiger partial charge on any atom is 0.573 e. The molecule has 1 aliphatic rings. The Bertz CT molecular complexity index is 1260. The molecule has 0 saturated carbocycles. The van der Waals surface area contributed by atoms with Crippen LogP contribution in [-0.4, -0.2) is 45.0 Å². The van der Waals surface area contributed by atoms with Gasteiger partial charge in [0.25, 0.3) is 0 Å². The highest BCUT2D eigenvalue weighted by atomic mass is 19.4. The second kappa shape index (κ2) is 9.66. The van der Waals surface area contributed by atoms with Gasteiger partial charge in [-0.05, 0) is 12.1 Å². The van der Waals surface area contributed by atoms with Crippen molar-refractivity contribution in [3.63, 3.8) is 0 Å². The molecule has 0 radical (unpaired) electrons. The predicted molar refractivity (Wildman–Crippen MR) is 111 cm³/mol. The van der Waals surface area contributed by atoms with E-state index in [1.165, 1.54) is 12.3 Å². The molecule has 3 aromatic rings. The molecule has 3 heterocycles. The molecule has 1 saturated heterocycles. The van der Waals surface area contributed by atoms with Gasteiger partial charge >= 0.3 is 6.36 Å². The van der Waals surface area contributed by atoms with Gasteiger partial charge in [-0.3, -0.25) is 14.6 Å². The van der Waals surface area contributed by atoms with E-state index in [0.717, 1.165) is 29.1 Å². The third-order valence-corrected chi connectivity index (χ3v) is 5.15. The molecule has 35 heavy (non-hydrogen) atoms. The van der Waals surface area contributed by atoms with Gasteiger partial charge in [-0.2, -0.15) is 0 Å². The highest BCUT2D eigenvalue weighted by Gasteiger charge is 2.36. The van der Waals surface area contributed by atoms with Crippen molar-refractivity contribution >= 4 is 17.6 Å². The lowest BCUT2D eigenvalue weighted by molar-refractivity contribution is -0.274. The van der Waals surface area contributed by atoms with E-state index >= 15 is 0 Å². The van der Waals surface area contributed by atoms with Crippen molar-refractivity contribution in [3.8, 4) is 22.7 Å². The fourth-order valence-corrected chi connectivity index (χ4v) is 3.53. The molecule has 0 aliphatic carbocycles. The van der Waals surface area contributed by atoms with Crippen LogP contribution in [0.5, 0.6) is 5.75 Å². The number of nitrogens with zero attached hydrogens (tertiary/aromatic N) is 3. The molecule has 4 N–H and O–H groups in total. The summed E-state index contributed by atoms with van der Waals surface area (Å²) in [5.41, 5.74) is -0.0189. The van der Waals surface area contributed by atoms with Crippen LogP contribution in [0.25, 0.3) is 16.9 Å². The van der Waals surface area contributed by atoms with Crippen molar-refractivity contribution in [1.29, 1.82) is 0 Å². The van der Waals surface area contributed by atoms with Crippen LogP contribution in [0.2, 0.25) is 0 Å². The molecule has 1 fully saturated rings. The van der Waals surface area contributed by atoms with E-state index in [9.17, 15) is 31.5 Å². The van der Waals surface area contributed by atoms with Gasteiger partial charge in [-0.1, -0.05) is 6.92 Å². The summed E-state index contributed by atoms with van der Waals surface area (Å²) < 4.78 is 70.8. The molecule has 1 aliphatic heterocycles. The number of amides is 2. The number of rotatable bonds is 5. The molecule has 1 aromatic carbocycles. The first-order valence-electron chi connectivity index (χ1n) is 9.86. The number of anilines is 1. The molecule has 186 valence electrons. The van der Waals surface area contributed by atoms with Gasteiger partial charge in [0.15, 0.2) is 5.82 Å². The summed E-state index contributed by atoms with van der Waals surface area (Å²) in [7, 11) is 0. The molecule has 9 nitrogen and oxygen atoms in total. The summed E-state index contributed by atoms with van der Waals surface area (Å²) in [4.78, 5) is 28.1. The normalized spacial score (nSPS) is 17.5. The zero-order valence-electron chi connectivity index (χ0n) is 17.9. The first-order valence-corrected chi connectivity index (χ1v) is 9.86. The fraction of sp³-hybridized carbons (Fsp3) is 0.238. The molecule has 0 spiro atoms. The lowest BCUT2D eigenvalue weighted by Crippen LogP contribution is -2.28. The average molecular weight is 499 g/mol. The van der Waals surface area contributed by atoms with Crippen molar-refractivity contribution in [3.05, 3.63) is 54.4 Å². The summed E-state index contributed by atoms with van der Waals surface area (Å²) in [6.45, 7) is 1.71. The van der Waals surface area contributed by atoms with Crippen LogP contribution < -0.4 is 15.4 Å². The van der Waals surface area contributed by atoms with Gasteiger partial charge in [0.2, 0.25) is 11.8 Å². The molecule has 14 heteroatoms. The Morgan fingerprint density at radius 1 is 1.14 bits per heavy atom. The SMILES string of the molecule is CC1C(=O)NCC1C(=O)Nc1cc(-c2cc(F)cc(OC(F)(F)F)c2)n(-c2cncc(F)c2)n1.O. The number of aromatic nitrogens is 3. The first kappa shape index (κ1) is 25.6. The largest absolute Gasteiger partial charge is 0.573 e. The predicted octanol–water partition coefficient (Wildman–Crippen LogP) is 2.61.